The Hall–Kier alpha value is -1.70. The lowest BCUT2D eigenvalue weighted by molar-refractivity contribution is -0.137. The molecule has 0 bridgehead atoms. The standard InChI is InChI=1S/C18H19F3N2O2S/c1-17-7-6-15(24)23(17)14(10-26-17)16(25)22-8-2-3-11-9-12(18(19,20)21)4-5-13(11)22/h4-5,9,14H,2-3,6-8,10H2,1H3/t14-,17-/m0/s1. The molecule has 3 aliphatic rings. The van der Waals surface area contributed by atoms with Gasteiger partial charge in [-0.25, -0.2) is 0 Å². The van der Waals surface area contributed by atoms with Crippen LogP contribution in [0.3, 0.4) is 0 Å². The molecule has 1 aromatic carbocycles. The summed E-state index contributed by atoms with van der Waals surface area (Å²) in [5.74, 6) is 0.339. The highest BCUT2D eigenvalue weighted by Crippen LogP contribution is 2.48. The van der Waals surface area contributed by atoms with E-state index in [1.165, 1.54) is 6.07 Å². The second kappa shape index (κ2) is 5.90. The number of fused-ring (bicyclic) bond motifs is 2. The maximum Gasteiger partial charge on any atom is 0.416 e. The first-order chi connectivity index (χ1) is 12.2. The summed E-state index contributed by atoms with van der Waals surface area (Å²) in [4.78, 5) is 28.4. The summed E-state index contributed by atoms with van der Waals surface area (Å²) >= 11 is 1.62. The number of carbonyl (C=O) groups excluding carboxylic acids is 2. The van der Waals surface area contributed by atoms with Crippen molar-refractivity contribution in [2.24, 2.45) is 0 Å². The highest BCUT2D eigenvalue weighted by atomic mass is 32.2. The summed E-state index contributed by atoms with van der Waals surface area (Å²) in [6.45, 7) is 2.45. The molecular formula is C18H19F3N2O2S. The van der Waals surface area contributed by atoms with Crippen LogP contribution in [0.25, 0.3) is 0 Å². The summed E-state index contributed by atoms with van der Waals surface area (Å²) in [5.41, 5.74) is 0.393. The van der Waals surface area contributed by atoms with Gasteiger partial charge in [0.05, 0.1) is 10.4 Å². The highest BCUT2D eigenvalue weighted by Gasteiger charge is 2.53. The van der Waals surface area contributed by atoms with Gasteiger partial charge in [0, 0.05) is 24.4 Å². The number of carbonyl (C=O) groups is 2. The lowest BCUT2D eigenvalue weighted by atomic mass is 9.98. The molecule has 0 aliphatic carbocycles. The smallest absolute Gasteiger partial charge is 0.315 e. The molecule has 2 fully saturated rings. The summed E-state index contributed by atoms with van der Waals surface area (Å²) in [5, 5.41) is 0. The molecule has 0 aromatic heterocycles. The van der Waals surface area contributed by atoms with Crippen LogP contribution in [0.4, 0.5) is 18.9 Å². The van der Waals surface area contributed by atoms with Crippen molar-refractivity contribution in [3.8, 4) is 0 Å². The van der Waals surface area contributed by atoms with Crippen molar-refractivity contribution < 1.29 is 22.8 Å². The topological polar surface area (TPSA) is 40.6 Å². The molecule has 140 valence electrons. The summed E-state index contributed by atoms with van der Waals surface area (Å²) in [6.07, 6.45) is -2.09. The molecule has 8 heteroatoms. The third-order valence-electron chi connectivity index (χ3n) is 5.52. The first kappa shape index (κ1) is 17.7. The molecule has 3 heterocycles. The monoisotopic (exact) mass is 384 g/mol. The lowest BCUT2D eigenvalue weighted by Gasteiger charge is -2.35. The van der Waals surface area contributed by atoms with Gasteiger partial charge in [-0.1, -0.05) is 0 Å². The molecule has 2 amide bonds. The zero-order valence-corrected chi connectivity index (χ0v) is 15.1. The van der Waals surface area contributed by atoms with Crippen LogP contribution >= 0.6 is 11.8 Å². The van der Waals surface area contributed by atoms with E-state index in [1.54, 1.807) is 21.6 Å². The predicted molar refractivity (Wildman–Crippen MR) is 92.8 cm³/mol. The van der Waals surface area contributed by atoms with Gasteiger partial charge in [-0.3, -0.25) is 9.59 Å². The van der Waals surface area contributed by atoms with Gasteiger partial charge < -0.3 is 9.80 Å². The van der Waals surface area contributed by atoms with Gasteiger partial charge >= 0.3 is 6.18 Å². The van der Waals surface area contributed by atoms with E-state index in [0.29, 0.717) is 42.8 Å². The molecule has 2 saturated heterocycles. The van der Waals surface area contributed by atoms with E-state index in [2.05, 4.69) is 0 Å². The Morgan fingerprint density at radius 2 is 2.08 bits per heavy atom. The van der Waals surface area contributed by atoms with Crippen molar-refractivity contribution in [2.45, 2.75) is 49.7 Å². The van der Waals surface area contributed by atoms with Gasteiger partial charge in [-0.15, -0.1) is 11.8 Å². The Balaban J connectivity index is 1.64. The first-order valence-corrected chi connectivity index (χ1v) is 9.67. The number of halogens is 3. The average molecular weight is 384 g/mol. The SMILES string of the molecule is C[C@]12CCC(=O)N1[C@H](C(=O)N1CCCc3cc(C(F)(F)F)ccc31)CS2. The van der Waals surface area contributed by atoms with Crippen molar-refractivity contribution in [3.63, 3.8) is 0 Å². The molecule has 2 atom stereocenters. The van der Waals surface area contributed by atoms with Crippen molar-refractivity contribution >= 4 is 29.3 Å². The van der Waals surface area contributed by atoms with Gasteiger partial charge in [0.25, 0.3) is 5.91 Å². The van der Waals surface area contributed by atoms with Crippen LogP contribution in [0.1, 0.15) is 37.3 Å². The minimum atomic E-state index is -4.40. The van der Waals surface area contributed by atoms with Crippen molar-refractivity contribution in [1.82, 2.24) is 4.90 Å². The maximum atomic E-state index is 13.2. The Kier molecular flexibility index (Phi) is 4.02. The predicted octanol–water partition coefficient (Wildman–Crippen LogP) is 3.44. The molecule has 0 unspecified atom stereocenters. The fourth-order valence-corrected chi connectivity index (χ4v) is 5.61. The van der Waals surface area contributed by atoms with E-state index < -0.39 is 17.8 Å². The van der Waals surface area contributed by atoms with E-state index in [1.807, 2.05) is 6.92 Å². The second-order valence-electron chi connectivity index (χ2n) is 7.20. The van der Waals surface area contributed by atoms with Crippen LogP contribution < -0.4 is 4.90 Å². The normalized spacial score (nSPS) is 28.3. The number of nitrogens with zero attached hydrogens (tertiary/aromatic N) is 2. The number of aryl methyl sites for hydroxylation is 1. The number of thioether (sulfide) groups is 1. The maximum absolute atomic E-state index is 13.2. The van der Waals surface area contributed by atoms with Crippen LogP contribution in [0.5, 0.6) is 0 Å². The van der Waals surface area contributed by atoms with Crippen molar-refractivity contribution in [2.75, 3.05) is 17.2 Å². The number of rotatable bonds is 1. The molecular weight excluding hydrogens is 365 g/mol. The number of benzene rings is 1. The van der Waals surface area contributed by atoms with E-state index in [4.69, 9.17) is 0 Å². The minimum Gasteiger partial charge on any atom is -0.315 e. The van der Waals surface area contributed by atoms with Gasteiger partial charge in [0.2, 0.25) is 5.91 Å². The van der Waals surface area contributed by atoms with Crippen LogP contribution in [0.15, 0.2) is 18.2 Å². The Bertz CT molecular complexity index is 782. The largest absolute Gasteiger partial charge is 0.416 e. The Labute approximate surface area is 153 Å². The summed E-state index contributed by atoms with van der Waals surface area (Å²) in [6, 6.07) is 3.03. The van der Waals surface area contributed by atoms with Gasteiger partial charge in [0.15, 0.2) is 0 Å². The Morgan fingerprint density at radius 3 is 2.81 bits per heavy atom. The second-order valence-corrected chi connectivity index (χ2v) is 8.70. The van der Waals surface area contributed by atoms with E-state index in [0.717, 1.165) is 18.6 Å². The fourth-order valence-electron chi connectivity index (χ4n) is 4.19. The highest BCUT2D eigenvalue weighted by molar-refractivity contribution is 8.01. The van der Waals surface area contributed by atoms with Gasteiger partial charge in [0.1, 0.15) is 6.04 Å². The molecule has 4 nitrogen and oxygen atoms in total. The Morgan fingerprint density at radius 1 is 1.31 bits per heavy atom. The number of hydrogen-bond donors (Lipinski definition) is 0. The number of hydrogen-bond acceptors (Lipinski definition) is 3. The fraction of sp³-hybridized carbons (Fsp3) is 0.556. The average Bonchev–Trinajstić information content (AvgIpc) is 3.09. The minimum absolute atomic E-state index is 0.0134. The van der Waals surface area contributed by atoms with Crippen molar-refractivity contribution in [1.29, 1.82) is 0 Å². The molecule has 0 N–H and O–H groups in total. The summed E-state index contributed by atoms with van der Waals surface area (Å²) in [7, 11) is 0. The third-order valence-corrected chi connectivity index (χ3v) is 7.03. The first-order valence-electron chi connectivity index (χ1n) is 8.68. The van der Waals surface area contributed by atoms with Crippen LogP contribution in [0, 0.1) is 0 Å². The molecule has 4 rings (SSSR count). The molecule has 0 saturated carbocycles. The van der Waals surface area contributed by atoms with Gasteiger partial charge in [-0.05, 0) is 49.9 Å². The molecule has 3 aliphatic heterocycles. The third kappa shape index (κ3) is 2.69. The molecule has 0 spiro atoms. The molecule has 26 heavy (non-hydrogen) atoms. The van der Waals surface area contributed by atoms with Crippen LogP contribution in [0.2, 0.25) is 0 Å². The zero-order chi connectivity index (χ0) is 18.7. The van der Waals surface area contributed by atoms with E-state index in [-0.39, 0.29) is 16.7 Å². The summed E-state index contributed by atoms with van der Waals surface area (Å²) < 4.78 is 38.9. The van der Waals surface area contributed by atoms with Crippen LogP contribution in [-0.4, -0.2) is 39.9 Å². The van der Waals surface area contributed by atoms with Crippen LogP contribution in [-0.2, 0) is 22.2 Å². The van der Waals surface area contributed by atoms with E-state index >= 15 is 0 Å². The molecule has 1 aromatic rings. The van der Waals surface area contributed by atoms with Gasteiger partial charge in [-0.2, -0.15) is 13.2 Å². The quantitative estimate of drug-likeness (QED) is 0.745. The number of anilines is 1. The zero-order valence-electron chi connectivity index (χ0n) is 14.3. The lowest BCUT2D eigenvalue weighted by Crippen LogP contribution is -2.52. The molecule has 0 radical (unpaired) electrons. The van der Waals surface area contributed by atoms with Crippen molar-refractivity contribution in [3.05, 3.63) is 29.3 Å². The number of amides is 2. The van der Waals surface area contributed by atoms with E-state index in [9.17, 15) is 22.8 Å². The number of alkyl halides is 3.